The molecule has 0 heterocycles. The van der Waals surface area contributed by atoms with Gasteiger partial charge in [0.25, 0.3) is 10.1 Å². The molecule has 0 amide bonds. The van der Waals surface area contributed by atoms with E-state index in [4.69, 9.17) is 4.55 Å². The molecule has 0 fully saturated rings. The quantitative estimate of drug-likeness (QED) is 0.475. The third-order valence-electron chi connectivity index (χ3n) is 3.45. The Labute approximate surface area is 171 Å². The summed E-state index contributed by atoms with van der Waals surface area (Å²) >= 11 is 0. The van der Waals surface area contributed by atoms with Crippen molar-refractivity contribution in [2.24, 2.45) is 4.99 Å². The molecule has 0 aromatic heterocycles. The van der Waals surface area contributed by atoms with Crippen molar-refractivity contribution in [1.29, 1.82) is 0 Å². The summed E-state index contributed by atoms with van der Waals surface area (Å²) < 4.78 is 29.7. The summed E-state index contributed by atoms with van der Waals surface area (Å²) in [5.41, 5.74) is 2.98. The minimum Gasteiger partial charge on any atom is -0.372 e. The number of hydrogen-bond acceptors (Lipinski definition) is 4. The highest BCUT2D eigenvalue weighted by Crippen LogP contribution is 2.18. The molecule has 0 spiro atoms. The second kappa shape index (κ2) is 15.8. The molecule has 0 aliphatic rings. The van der Waals surface area contributed by atoms with Crippen LogP contribution in [0.3, 0.4) is 0 Å². The molecule has 0 aliphatic carbocycles. The molecule has 2 rings (SSSR count). The minimum atomic E-state index is -4.03. The summed E-state index contributed by atoms with van der Waals surface area (Å²) in [7, 11) is -4.03. The van der Waals surface area contributed by atoms with Crippen LogP contribution >= 0.6 is 0 Å². The molecule has 0 saturated carbocycles. The first kappa shape index (κ1) is 28.0. The normalized spacial score (nSPS) is 9.43. The van der Waals surface area contributed by atoms with Crippen LogP contribution in [-0.2, 0) is 10.1 Å². The Morgan fingerprint density at radius 1 is 0.964 bits per heavy atom. The van der Waals surface area contributed by atoms with Crippen LogP contribution in [0, 0.1) is 6.92 Å². The van der Waals surface area contributed by atoms with Gasteiger partial charge in [-0.25, -0.2) is 0 Å². The van der Waals surface area contributed by atoms with Gasteiger partial charge in [0.2, 0.25) is 0 Å². The average Bonchev–Trinajstić information content (AvgIpc) is 2.72. The third kappa shape index (κ3) is 10.8. The molecule has 2 aromatic rings. The Balaban J connectivity index is 0. The summed E-state index contributed by atoms with van der Waals surface area (Å²) in [4.78, 5) is 6.09. The minimum absolute atomic E-state index is 0.0579. The van der Waals surface area contributed by atoms with Crippen LogP contribution < -0.4 is 4.90 Å². The maximum Gasteiger partial charge on any atom is 0.294 e. The van der Waals surface area contributed by atoms with E-state index >= 15 is 0 Å². The molecule has 28 heavy (non-hydrogen) atoms. The molecule has 0 saturated heterocycles. The fraction of sp³-hybridized carbons (Fsp3) is 0.409. The van der Waals surface area contributed by atoms with Crippen molar-refractivity contribution >= 4 is 28.2 Å². The Morgan fingerprint density at radius 2 is 1.46 bits per heavy atom. The molecule has 0 bridgehead atoms. The molecular formula is C22H36N2O3S. The molecule has 0 radical (unpaired) electrons. The lowest BCUT2D eigenvalue weighted by atomic mass is 10.2. The summed E-state index contributed by atoms with van der Waals surface area (Å²) in [6.07, 6.45) is 0. The van der Waals surface area contributed by atoms with E-state index in [2.05, 4.69) is 42.6 Å². The first-order chi connectivity index (χ1) is 13.3. The highest BCUT2D eigenvalue weighted by Gasteiger charge is 2.07. The second-order valence-corrected chi connectivity index (χ2v) is 6.56. The van der Waals surface area contributed by atoms with Crippen molar-refractivity contribution in [3.8, 4) is 0 Å². The van der Waals surface area contributed by atoms with Gasteiger partial charge in [-0.3, -0.25) is 9.55 Å². The van der Waals surface area contributed by atoms with Crippen LogP contribution in [0.2, 0.25) is 0 Å². The van der Waals surface area contributed by atoms with Gasteiger partial charge in [-0.05, 0) is 69.5 Å². The Bertz CT molecular complexity index is 754. The second-order valence-electron chi connectivity index (χ2n) is 5.14. The Kier molecular flexibility index (Phi) is 15.9. The van der Waals surface area contributed by atoms with Crippen LogP contribution in [-0.4, -0.2) is 32.8 Å². The van der Waals surface area contributed by atoms with E-state index in [0.29, 0.717) is 0 Å². The average molecular weight is 409 g/mol. The van der Waals surface area contributed by atoms with E-state index in [0.717, 1.165) is 24.3 Å². The Morgan fingerprint density at radius 3 is 1.79 bits per heavy atom. The molecule has 158 valence electrons. The van der Waals surface area contributed by atoms with Crippen molar-refractivity contribution in [3.63, 3.8) is 0 Å². The molecule has 0 unspecified atom stereocenters. The third-order valence-corrected chi connectivity index (χ3v) is 4.30. The topological polar surface area (TPSA) is 70.0 Å². The van der Waals surface area contributed by atoms with Crippen LogP contribution in [0.15, 0.2) is 58.4 Å². The molecule has 2 aromatic carbocycles. The van der Waals surface area contributed by atoms with Crippen LogP contribution in [0.25, 0.3) is 0 Å². The van der Waals surface area contributed by atoms with Gasteiger partial charge in [-0.2, -0.15) is 8.42 Å². The van der Waals surface area contributed by atoms with Crippen molar-refractivity contribution in [1.82, 2.24) is 0 Å². The summed E-state index contributed by atoms with van der Waals surface area (Å²) in [5.74, 6) is 0. The first-order valence-electron chi connectivity index (χ1n) is 9.67. The van der Waals surface area contributed by atoms with Crippen molar-refractivity contribution in [2.75, 3.05) is 18.0 Å². The van der Waals surface area contributed by atoms with Gasteiger partial charge in [0, 0.05) is 18.8 Å². The van der Waals surface area contributed by atoms with Gasteiger partial charge in [-0.1, -0.05) is 39.8 Å². The maximum absolute atomic E-state index is 10.5. The smallest absolute Gasteiger partial charge is 0.294 e. The van der Waals surface area contributed by atoms with Crippen LogP contribution in [0.4, 0.5) is 11.4 Å². The largest absolute Gasteiger partial charge is 0.372 e. The Hall–Kier alpha value is -2.18. The number of hydrogen-bond donors (Lipinski definition) is 1. The van der Waals surface area contributed by atoms with Gasteiger partial charge >= 0.3 is 0 Å². The SMILES string of the molecule is C=Nc1ccc(N(CC)CC)cc1.CC.CC.Cc1cccc(S(=O)(=O)O)c1. The molecule has 5 nitrogen and oxygen atoms in total. The summed E-state index contributed by atoms with van der Waals surface area (Å²) in [6.45, 7) is 19.6. The van der Waals surface area contributed by atoms with Gasteiger partial charge in [0.15, 0.2) is 0 Å². The number of nitrogens with zero attached hydrogens (tertiary/aromatic N) is 2. The summed E-state index contributed by atoms with van der Waals surface area (Å²) in [5, 5.41) is 0. The predicted octanol–water partition coefficient (Wildman–Crippen LogP) is 6.16. The van der Waals surface area contributed by atoms with E-state index in [1.54, 1.807) is 19.1 Å². The molecule has 0 aliphatic heterocycles. The highest BCUT2D eigenvalue weighted by atomic mass is 32.2. The molecule has 0 atom stereocenters. The number of aliphatic imine (C=N–C) groups is 1. The standard InChI is InChI=1S/C11H16N2.C7H8O3S.2C2H6/c1-4-13(5-2)11-8-6-10(12-3)7-9-11;1-6-3-2-4-7(5-6)11(8,9)10;2*1-2/h6-9H,3-5H2,1-2H3;2-5H,1H3,(H,8,9,10);2*1-2H3. The zero-order chi connectivity index (χ0) is 22.2. The van der Waals surface area contributed by atoms with E-state index in [1.807, 2.05) is 39.8 Å². The van der Waals surface area contributed by atoms with Crippen LogP contribution in [0.5, 0.6) is 0 Å². The fourth-order valence-electron chi connectivity index (χ4n) is 2.13. The van der Waals surface area contributed by atoms with Gasteiger partial charge < -0.3 is 4.90 Å². The van der Waals surface area contributed by atoms with Crippen molar-refractivity contribution in [2.45, 2.75) is 53.4 Å². The first-order valence-corrected chi connectivity index (χ1v) is 11.1. The number of anilines is 1. The predicted molar refractivity (Wildman–Crippen MR) is 123 cm³/mol. The van der Waals surface area contributed by atoms with Gasteiger partial charge in [-0.15, -0.1) is 0 Å². The highest BCUT2D eigenvalue weighted by molar-refractivity contribution is 7.85. The zero-order valence-corrected chi connectivity index (χ0v) is 19.1. The lowest BCUT2D eigenvalue weighted by Gasteiger charge is -2.20. The van der Waals surface area contributed by atoms with Crippen molar-refractivity contribution < 1.29 is 13.0 Å². The van der Waals surface area contributed by atoms with Gasteiger partial charge in [0.05, 0.1) is 10.6 Å². The number of rotatable bonds is 5. The van der Waals surface area contributed by atoms with Crippen LogP contribution in [0.1, 0.15) is 47.1 Å². The van der Waals surface area contributed by atoms with E-state index in [-0.39, 0.29) is 4.90 Å². The maximum atomic E-state index is 10.5. The lowest BCUT2D eigenvalue weighted by molar-refractivity contribution is 0.483. The molecule has 6 heteroatoms. The van der Waals surface area contributed by atoms with Gasteiger partial charge in [0.1, 0.15) is 0 Å². The monoisotopic (exact) mass is 408 g/mol. The van der Waals surface area contributed by atoms with Crippen molar-refractivity contribution in [3.05, 3.63) is 54.1 Å². The van der Waals surface area contributed by atoms with E-state index < -0.39 is 10.1 Å². The molecule has 1 N–H and O–H groups in total. The fourth-order valence-corrected chi connectivity index (χ4v) is 2.72. The van der Waals surface area contributed by atoms with E-state index in [1.165, 1.54) is 17.8 Å². The summed E-state index contributed by atoms with van der Waals surface area (Å²) in [6, 6.07) is 14.2. The number of aryl methyl sites for hydroxylation is 1. The number of benzene rings is 2. The lowest BCUT2D eigenvalue weighted by Crippen LogP contribution is -2.21. The zero-order valence-electron chi connectivity index (χ0n) is 18.3. The van der Waals surface area contributed by atoms with E-state index in [9.17, 15) is 8.42 Å². The molecular weight excluding hydrogens is 372 g/mol.